The molecule has 14 nitrogen and oxygen atoms in total. The summed E-state index contributed by atoms with van der Waals surface area (Å²) >= 11 is 27.1. The molecule has 0 unspecified atom stereocenters. The van der Waals surface area contributed by atoms with Gasteiger partial charge >= 0.3 is 15.3 Å². The molecule has 0 aromatic carbocycles. The summed E-state index contributed by atoms with van der Waals surface area (Å²) < 4.78 is 55.0. The maximum Gasteiger partial charge on any atom is 0.345 e. The van der Waals surface area contributed by atoms with Crippen LogP contribution in [0.3, 0.4) is 0 Å². The highest BCUT2D eigenvalue weighted by atomic mass is 35.9. The summed E-state index contributed by atoms with van der Waals surface area (Å²) in [5, 5.41) is 10.6. The van der Waals surface area contributed by atoms with Gasteiger partial charge in [-0.3, -0.25) is 0 Å². The molecule has 0 amide bonds. The molecular weight excluding hydrogens is 784 g/mol. The van der Waals surface area contributed by atoms with Gasteiger partial charge in [0.1, 0.15) is 0 Å². The first-order valence-electron chi connectivity index (χ1n) is 14.3. The van der Waals surface area contributed by atoms with Crippen molar-refractivity contribution < 1.29 is 18.1 Å². The molecule has 4 N–H and O–H groups in total. The Morgan fingerprint density at radius 1 is 0.622 bits per heavy atom. The Hall–Kier alpha value is 2.22. The predicted molar refractivity (Wildman–Crippen MR) is 197 cm³/mol. The van der Waals surface area contributed by atoms with Crippen LogP contribution in [-0.2, 0) is 18.1 Å². The van der Waals surface area contributed by atoms with E-state index in [0.29, 0.717) is 0 Å². The zero-order chi connectivity index (χ0) is 34.2. The van der Waals surface area contributed by atoms with Crippen molar-refractivity contribution in [3.63, 3.8) is 0 Å². The molecule has 1 atom stereocenters. The molecule has 264 valence electrons. The van der Waals surface area contributed by atoms with Crippen LogP contribution in [0.5, 0.6) is 0 Å². The molecular formula is C21H48Cl4N10O4P6. The van der Waals surface area contributed by atoms with Crippen LogP contribution < -0.4 is 20.1 Å². The van der Waals surface area contributed by atoms with Gasteiger partial charge in [-0.1, -0.05) is 0 Å². The summed E-state index contributed by atoms with van der Waals surface area (Å²) in [6.07, 6.45) is 0. The molecule has 45 heavy (non-hydrogen) atoms. The van der Waals surface area contributed by atoms with Crippen molar-refractivity contribution in [2.24, 2.45) is 32.7 Å². The highest BCUT2D eigenvalue weighted by Gasteiger charge is 2.52. The van der Waals surface area contributed by atoms with E-state index in [4.69, 9.17) is 85.9 Å². The van der Waals surface area contributed by atoms with E-state index in [2.05, 4.69) is 24.6 Å². The van der Waals surface area contributed by atoms with Crippen LogP contribution in [0.15, 0.2) is 27.3 Å². The third-order valence-corrected chi connectivity index (χ3v) is 27.6. The van der Waals surface area contributed by atoms with Gasteiger partial charge in [-0.05, 0) is 128 Å². The number of hydrogen-bond donors (Lipinski definition) is 4. The summed E-state index contributed by atoms with van der Waals surface area (Å²) in [5.74, 6) is -6.34. The van der Waals surface area contributed by atoms with Gasteiger partial charge in [0.25, 0.3) is 13.4 Å². The largest absolute Gasteiger partial charge is 0.345 e. The molecule has 0 radical (unpaired) electrons. The van der Waals surface area contributed by atoms with Gasteiger partial charge in [-0.25, -0.2) is 20.0 Å². The molecule has 0 aromatic heterocycles. The second kappa shape index (κ2) is 12.7. The SMILES string of the molecule is CC(C)(C)N=[P@@]1(NC(C)(C)C)N=P(Cl)(Cl)NP2(=N1)OCC1(COP3(=NP(NC(C)(C)C)(NC(C)(C)C)=NP(Cl)(Cl)=N3)OC1)CO2. The zero-order valence-electron chi connectivity index (χ0n) is 27.8. The Morgan fingerprint density at radius 3 is 1.53 bits per heavy atom. The average Bonchev–Trinajstić information content (AvgIpc) is 2.70. The number of hydrogen-bond acceptors (Lipinski definition) is 11. The van der Waals surface area contributed by atoms with Gasteiger partial charge in [0.15, 0.2) is 0 Å². The van der Waals surface area contributed by atoms with Crippen molar-refractivity contribution >= 4 is 87.1 Å². The molecule has 0 aromatic rings. The van der Waals surface area contributed by atoms with E-state index < -0.39 is 58.6 Å². The van der Waals surface area contributed by atoms with Crippen LogP contribution >= 0.6 is 87.1 Å². The average molecular weight is 832 g/mol. The van der Waals surface area contributed by atoms with E-state index in [1.807, 2.05) is 83.1 Å². The molecule has 24 heteroatoms. The topological polar surface area (TPSA) is 159 Å². The van der Waals surface area contributed by atoms with Crippen LogP contribution in [0, 0.1) is 5.41 Å². The molecule has 4 aliphatic heterocycles. The number of nitrogens with zero attached hydrogens (tertiary/aromatic N) is 6. The lowest BCUT2D eigenvalue weighted by molar-refractivity contribution is -0.0582. The van der Waals surface area contributed by atoms with E-state index in [1.54, 1.807) is 0 Å². The van der Waals surface area contributed by atoms with Gasteiger partial charge in [0.2, 0.25) is 13.4 Å². The third-order valence-electron chi connectivity index (χ3n) is 5.50. The fraction of sp³-hybridized carbons (Fsp3) is 1.00. The maximum absolute atomic E-state index is 6.78. The predicted octanol–water partition coefficient (Wildman–Crippen LogP) is 12.3. The molecule has 2 saturated heterocycles. The monoisotopic (exact) mass is 830 g/mol. The number of rotatable bonds is 3. The van der Waals surface area contributed by atoms with Crippen molar-refractivity contribution in [2.45, 2.75) is 105 Å². The van der Waals surface area contributed by atoms with Crippen LogP contribution in [0.25, 0.3) is 0 Å². The summed E-state index contributed by atoms with van der Waals surface area (Å²) in [6, 6.07) is 0. The molecule has 0 saturated carbocycles. The first-order valence-corrected chi connectivity index (χ1v) is 27.8. The molecule has 4 rings (SSSR count). The Balaban J connectivity index is 1.67. The van der Waals surface area contributed by atoms with Crippen LogP contribution in [-0.4, -0.2) is 48.6 Å². The standard InChI is InChI=1S/C21H48Cl4N10O4P6/c1-17(2,3)26-42(27-18(4,5)6)30-40(22,23)32-44(34-42)36-13-21(14-37-44)15-38-45(39-16-21)33-41(24,25)31-43(35-45,28-19(7,8)9)29-20(10,11)12/h26-28,33H,13-16H2,1-12H3/t21?,43-,44?,45?/m0/s1. The van der Waals surface area contributed by atoms with E-state index in [9.17, 15) is 0 Å². The fourth-order valence-corrected chi connectivity index (χ4v) is 30.3. The van der Waals surface area contributed by atoms with Gasteiger partial charge in [-0.2, -0.15) is 27.4 Å². The summed E-state index contributed by atoms with van der Waals surface area (Å²) in [6.45, 7) is 24.8. The van der Waals surface area contributed by atoms with Crippen molar-refractivity contribution in [1.29, 1.82) is 0 Å². The zero-order valence-corrected chi connectivity index (χ0v) is 36.2. The van der Waals surface area contributed by atoms with E-state index in [1.165, 1.54) is 0 Å². The lowest BCUT2D eigenvalue weighted by atomic mass is 9.93. The lowest BCUT2D eigenvalue weighted by Crippen LogP contribution is -2.46. The van der Waals surface area contributed by atoms with Crippen molar-refractivity contribution in [3.8, 4) is 0 Å². The van der Waals surface area contributed by atoms with Gasteiger partial charge in [-0.15, -0.1) is 0 Å². The van der Waals surface area contributed by atoms with Gasteiger partial charge in [0, 0.05) is 16.6 Å². The van der Waals surface area contributed by atoms with E-state index in [0.717, 1.165) is 0 Å². The highest BCUT2D eigenvalue weighted by molar-refractivity contribution is 8.14. The third kappa shape index (κ3) is 11.1. The summed E-state index contributed by atoms with van der Waals surface area (Å²) in [5.41, 5.74) is -2.32. The Morgan fingerprint density at radius 2 is 1.09 bits per heavy atom. The molecule has 0 aliphatic carbocycles. The number of nitrogens with one attached hydrogen (secondary N) is 4. The molecule has 2 fully saturated rings. The second-order valence-corrected chi connectivity index (χ2v) is 34.9. The van der Waals surface area contributed by atoms with Crippen LogP contribution in [0.4, 0.5) is 0 Å². The fourth-order valence-electron chi connectivity index (χ4n) is 4.50. The van der Waals surface area contributed by atoms with Crippen molar-refractivity contribution in [3.05, 3.63) is 0 Å². The maximum atomic E-state index is 6.78. The quantitative estimate of drug-likeness (QED) is 0.205. The van der Waals surface area contributed by atoms with Gasteiger partial charge < -0.3 is 18.1 Å². The Labute approximate surface area is 288 Å². The van der Waals surface area contributed by atoms with Crippen molar-refractivity contribution in [1.82, 2.24) is 20.1 Å². The highest BCUT2D eigenvalue weighted by Crippen LogP contribution is 2.83. The molecule has 3 spiro atoms. The molecule has 4 heterocycles. The minimum absolute atomic E-state index is 0.173. The second-order valence-electron chi connectivity index (χ2n) is 15.6. The summed E-state index contributed by atoms with van der Waals surface area (Å²) in [7, 11) is -12.4. The minimum Gasteiger partial charge on any atom is -0.311 e. The Bertz CT molecular complexity index is 1500. The first-order chi connectivity index (χ1) is 19.9. The normalized spacial score (nSPS) is 36.4. The van der Waals surface area contributed by atoms with E-state index in [-0.39, 0.29) is 37.5 Å². The minimum atomic E-state index is -3.27. The first kappa shape index (κ1) is 40.0. The lowest BCUT2D eigenvalue weighted by Gasteiger charge is -2.47. The van der Waals surface area contributed by atoms with Gasteiger partial charge in [0.05, 0.1) is 37.4 Å². The molecule has 4 aliphatic rings. The Kier molecular flexibility index (Phi) is 11.3. The van der Waals surface area contributed by atoms with Crippen LogP contribution in [0.2, 0.25) is 0 Å². The number of halogens is 4. The molecule has 0 bridgehead atoms. The summed E-state index contributed by atoms with van der Waals surface area (Å²) in [4.78, 5) is 3.11. The van der Waals surface area contributed by atoms with Crippen molar-refractivity contribution in [2.75, 3.05) is 26.4 Å². The van der Waals surface area contributed by atoms with E-state index >= 15 is 0 Å². The smallest absolute Gasteiger partial charge is 0.311 e. The van der Waals surface area contributed by atoms with Crippen LogP contribution in [0.1, 0.15) is 83.1 Å².